The molecule has 0 radical (unpaired) electrons. The van der Waals surface area contributed by atoms with Crippen LogP contribution in [-0.2, 0) is 19.3 Å². The third kappa shape index (κ3) is 6.74. The molecule has 0 fully saturated rings. The number of benzene rings is 2. The van der Waals surface area contributed by atoms with Crippen molar-refractivity contribution in [3.05, 3.63) is 83.6 Å². The minimum Gasteiger partial charge on any atom is -0.494 e. The lowest BCUT2D eigenvalue weighted by atomic mass is 10.0. The number of unbranched alkanes of at least 4 members (excludes halogenated alkanes) is 2. The summed E-state index contributed by atoms with van der Waals surface area (Å²) in [4.78, 5) is 4.62. The molecule has 2 nitrogen and oxygen atoms in total. The maximum absolute atomic E-state index is 5.80. The molecule has 0 aliphatic heterocycles. The van der Waals surface area contributed by atoms with E-state index in [1.165, 1.54) is 35.1 Å². The highest BCUT2D eigenvalue weighted by molar-refractivity contribution is 5.59. The van der Waals surface area contributed by atoms with Crippen LogP contribution in [0, 0.1) is 0 Å². The third-order valence-electron chi connectivity index (χ3n) is 5.26. The monoisotopic (exact) mass is 387 g/mol. The predicted octanol–water partition coefficient (Wildman–Crippen LogP) is 7.06. The standard InChI is InChI=1S/C27H33NO/c1-3-5-6-20-29-26-17-12-23(13-18-26)9-8-22-10-15-25(16-11-22)27-19-14-24(7-4-2)21-28-27/h10-19,21H,3-9,20H2,1-2H3. The first-order chi connectivity index (χ1) is 14.3. The lowest BCUT2D eigenvalue weighted by Gasteiger charge is -2.08. The van der Waals surface area contributed by atoms with E-state index in [1.807, 2.05) is 6.20 Å². The van der Waals surface area contributed by atoms with E-state index < -0.39 is 0 Å². The van der Waals surface area contributed by atoms with Crippen molar-refractivity contribution in [3.63, 3.8) is 0 Å². The normalized spacial score (nSPS) is 10.8. The molecule has 0 unspecified atom stereocenters. The quantitative estimate of drug-likeness (QED) is 0.329. The number of hydrogen-bond acceptors (Lipinski definition) is 2. The van der Waals surface area contributed by atoms with E-state index in [0.29, 0.717) is 0 Å². The van der Waals surface area contributed by atoms with Crippen LogP contribution >= 0.6 is 0 Å². The van der Waals surface area contributed by atoms with Crippen molar-refractivity contribution in [1.82, 2.24) is 4.98 Å². The van der Waals surface area contributed by atoms with E-state index in [0.717, 1.165) is 50.2 Å². The molecular weight excluding hydrogens is 354 g/mol. The summed E-state index contributed by atoms with van der Waals surface area (Å²) in [5.41, 5.74) is 6.25. The van der Waals surface area contributed by atoms with Crippen LogP contribution in [0.25, 0.3) is 11.3 Å². The van der Waals surface area contributed by atoms with E-state index in [4.69, 9.17) is 4.74 Å². The van der Waals surface area contributed by atoms with Gasteiger partial charge < -0.3 is 4.74 Å². The molecule has 0 amide bonds. The van der Waals surface area contributed by atoms with Gasteiger partial charge in [0.1, 0.15) is 5.75 Å². The number of ether oxygens (including phenoxy) is 1. The summed E-state index contributed by atoms with van der Waals surface area (Å²) in [6.07, 6.45) is 9.93. The van der Waals surface area contributed by atoms with Gasteiger partial charge in [-0.3, -0.25) is 4.98 Å². The first-order valence-electron chi connectivity index (χ1n) is 11.0. The first-order valence-corrected chi connectivity index (χ1v) is 11.0. The Labute approximate surface area is 176 Å². The van der Waals surface area contributed by atoms with Gasteiger partial charge in [-0.15, -0.1) is 0 Å². The van der Waals surface area contributed by atoms with E-state index in [2.05, 4.69) is 79.5 Å². The fourth-order valence-corrected chi connectivity index (χ4v) is 3.46. The molecule has 29 heavy (non-hydrogen) atoms. The zero-order valence-corrected chi connectivity index (χ0v) is 17.9. The molecule has 0 atom stereocenters. The molecule has 1 heterocycles. The van der Waals surface area contributed by atoms with Gasteiger partial charge in [0.2, 0.25) is 0 Å². The van der Waals surface area contributed by atoms with Gasteiger partial charge in [0.15, 0.2) is 0 Å². The van der Waals surface area contributed by atoms with Crippen LogP contribution in [0.3, 0.4) is 0 Å². The number of hydrogen-bond donors (Lipinski definition) is 0. The van der Waals surface area contributed by atoms with Crippen LogP contribution in [0.5, 0.6) is 5.75 Å². The maximum atomic E-state index is 5.80. The van der Waals surface area contributed by atoms with Gasteiger partial charge >= 0.3 is 0 Å². The van der Waals surface area contributed by atoms with Crippen LogP contribution in [0.2, 0.25) is 0 Å². The zero-order chi connectivity index (χ0) is 20.3. The highest BCUT2D eigenvalue weighted by atomic mass is 16.5. The van der Waals surface area contributed by atoms with Crippen LogP contribution in [0.4, 0.5) is 0 Å². The number of rotatable bonds is 11. The Morgan fingerprint density at radius 2 is 1.31 bits per heavy atom. The highest BCUT2D eigenvalue weighted by Crippen LogP contribution is 2.20. The Balaban J connectivity index is 1.49. The van der Waals surface area contributed by atoms with Crippen molar-refractivity contribution < 1.29 is 4.74 Å². The number of nitrogens with zero attached hydrogens (tertiary/aromatic N) is 1. The lowest BCUT2D eigenvalue weighted by molar-refractivity contribution is 0.306. The molecule has 2 aromatic carbocycles. The molecule has 0 saturated carbocycles. The SMILES string of the molecule is CCCCCOc1ccc(CCc2ccc(-c3ccc(CCC)cn3)cc2)cc1. The van der Waals surface area contributed by atoms with Crippen LogP contribution in [0.1, 0.15) is 56.2 Å². The Hall–Kier alpha value is -2.61. The predicted molar refractivity (Wildman–Crippen MR) is 123 cm³/mol. The van der Waals surface area contributed by atoms with Gasteiger partial charge in [-0.2, -0.15) is 0 Å². The van der Waals surface area contributed by atoms with Gasteiger partial charge in [0.25, 0.3) is 0 Å². The minimum absolute atomic E-state index is 0.815. The topological polar surface area (TPSA) is 22.1 Å². The minimum atomic E-state index is 0.815. The van der Waals surface area contributed by atoms with Crippen molar-refractivity contribution in [2.75, 3.05) is 6.61 Å². The summed E-state index contributed by atoms with van der Waals surface area (Å²) in [6, 6.07) is 21.7. The molecular formula is C27H33NO. The van der Waals surface area contributed by atoms with E-state index in [-0.39, 0.29) is 0 Å². The Morgan fingerprint density at radius 3 is 1.90 bits per heavy atom. The number of aromatic nitrogens is 1. The molecule has 2 heteroatoms. The largest absolute Gasteiger partial charge is 0.494 e. The second-order valence-electron chi connectivity index (χ2n) is 7.70. The lowest BCUT2D eigenvalue weighted by Crippen LogP contribution is -1.97. The molecule has 0 N–H and O–H groups in total. The molecule has 3 rings (SSSR count). The van der Waals surface area contributed by atoms with Gasteiger partial charge in [-0.1, -0.05) is 75.6 Å². The Kier molecular flexibility index (Phi) is 8.30. The van der Waals surface area contributed by atoms with Gasteiger partial charge in [-0.05, 0) is 60.6 Å². The van der Waals surface area contributed by atoms with Crippen molar-refractivity contribution >= 4 is 0 Å². The maximum Gasteiger partial charge on any atom is 0.119 e. The number of pyridine rings is 1. The second kappa shape index (κ2) is 11.4. The van der Waals surface area contributed by atoms with Crippen molar-refractivity contribution in [2.45, 2.75) is 58.8 Å². The smallest absolute Gasteiger partial charge is 0.119 e. The molecule has 0 spiro atoms. The van der Waals surface area contributed by atoms with Crippen LogP contribution in [0.15, 0.2) is 66.9 Å². The summed E-state index contributed by atoms with van der Waals surface area (Å²) in [5.74, 6) is 0.978. The summed E-state index contributed by atoms with van der Waals surface area (Å²) in [5, 5.41) is 0. The van der Waals surface area contributed by atoms with Crippen molar-refractivity contribution in [2.24, 2.45) is 0 Å². The zero-order valence-electron chi connectivity index (χ0n) is 17.9. The Morgan fingerprint density at radius 1 is 0.655 bits per heavy atom. The van der Waals surface area contributed by atoms with E-state index >= 15 is 0 Å². The fraction of sp³-hybridized carbons (Fsp3) is 0.370. The molecule has 0 aliphatic carbocycles. The summed E-state index contributed by atoms with van der Waals surface area (Å²) >= 11 is 0. The fourth-order valence-electron chi connectivity index (χ4n) is 3.46. The molecule has 0 saturated heterocycles. The third-order valence-corrected chi connectivity index (χ3v) is 5.26. The molecule has 3 aromatic rings. The summed E-state index contributed by atoms with van der Waals surface area (Å²) < 4.78 is 5.80. The highest BCUT2D eigenvalue weighted by Gasteiger charge is 2.02. The Bertz CT molecular complexity index is 835. The summed E-state index contributed by atoms with van der Waals surface area (Å²) in [6.45, 7) is 5.23. The molecule has 0 aliphatic rings. The molecule has 1 aromatic heterocycles. The van der Waals surface area contributed by atoms with Crippen LogP contribution in [-0.4, -0.2) is 11.6 Å². The van der Waals surface area contributed by atoms with Gasteiger partial charge in [0, 0.05) is 11.8 Å². The second-order valence-corrected chi connectivity index (χ2v) is 7.70. The van der Waals surface area contributed by atoms with E-state index in [9.17, 15) is 0 Å². The average molecular weight is 388 g/mol. The van der Waals surface area contributed by atoms with Gasteiger partial charge in [0.05, 0.1) is 12.3 Å². The van der Waals surface area contributed by atoms with Gasteiger partial charge in [-0.25, -0.2) is 0 Å². The van der Waals surface area contributed by atoms with E-state index in [1.54, 1.807) is 0 Å². The molecule has 0 bridgehead atoms. The first kappa shape index (κ1) is 21.1. The average Bonchev–Trinajstić information content (AvgIpc) is 2.77. The molecule has 152 valence electrons. The number of aryl methyl sites for hydroxylation is 3. The van der Waals surface area contributed by atoms with Crippen molar-refractivity contribution in [3.8, 4) is 17.0 Å². The van der Waals surface area contributed by atoms with Crippen molar-refractivity contribution in [1.29, 1.82) is 0 Å². The summed E-state index contributed by atoms with van der Waals surface area (Å²) in [7, 11) is 0. The van der Waals surface area contributed by atoms with Crippen LogP contribution < -0.4 is 4.74 Å².